The summed E-state index contributed by atoms with van der Waals surface area (Å²) in [6.07, 6.45) is 0. The largest absolute Gasteiger partial charge is 0.392 e. The van der Waals surface area contributed by atoms with Crippen LogP contribution in [-0.4, -0.2) is 5.11 Å². The summed E-state index contributed by atoms with van der Waals surface area (Å²) in [6, 6.07) is 10.4. The van der Waals surface area contributed by atoms with E-state index in [1.807, 2.05) is 11.4 Å². The lowest BCUT2D eigenvalue weighted by molar-refractivity contribution is 0.282. The smallest absolute Gasteiger partial charge is 0.0690 e. The quantitative estimate of drug-likeness (QED) is 0.783. The lowest BCUT2D eigenvalue weighted by Gasteiger charge is -1.99. The van der Waals surface area contributed by atoms with Crippen LogP contribution in [0, 0.1) is 0 Å². The molecule has 15 heavy (non-hydrogen) atoms. The van der Waals surface area contributed by atoms with Gasteiger partial charge in [0.05, 0.1) is 6.61 Å². The predicted octanol–water partition coefficient (Wildman–Crippen LogP) is 3.34. The van der Waals surface area contributed by atoms with Crippen molar-refractivity contribution < 1.29 is 5.11 Å². The summed E-state index contributed by atoms with van der Waals surface area (Å²) in [5.74, 6) is 0.770. The Hall–Kier alpha value is -0.770. The van der Waals surface area contributed by atoms with Crippen LogP contribution in [0.3, 0.4) is 0 Å². The molecule has 1 aromatic heterocycles. The second-order valence-electron chi connectivity index (χ2n) is 3.33. The van der Waals surface area contributed by atoms with E-state index in [1.54, 1.807) is 11.3 Å². The van der Waals surface area contributed by atoms with Gasteiger partial charge in [-0.3, -0.25) is 0 Å². The van der Waals surface area contributed by atoms with Crippen molar-refractivity contribution in [3.05, 3.63) is 46.8 Å². The summed E-state index contributed by atoms with van der Waals surface area (Å²) < 4.78 is 0. The fourth-order valence-electron chi connectivity index (χ4n) is 1.38. The van der Waals surface area contributed by atoms with Gasteiger partial charge in [0.15, 0.2) is 0 Å². The lowest BCUT2D eigenvalue weighted by Crippen LogP contribution is -1.78. The van der Waals surface area contributed by atoms with E-state index in [1.165, 1.54) is 16.0 Å². The first kappa shape index (κ1) is 10.7. The Kier molecular flexibility index (Phi) is 3.46. The Bertz CT molecular complexity index is 431. The van der Waals surface area contributed by atoms with Gasteiger partial charge in [0, 0.05) is 10.6 Å². The van der Waals surface area contributed by atoms with Crippen molar-refractivity contribution in [1.82, 2.24) is 0 Å². The van der Waals surface area contributed by atoms with Crippen LogP contribution < -0.4 is 0 Å². The second kappa shape index (κ2) is 4.84. The molecule has 0 unspecified atom stereocenters. The standard InChI is InChI=1S/C12H12OS2/c13-6-10-5-12(15-8-10)11-3-1-9(7-14)2-4-11/h1-5,8,13-14H,6-7H2. The van der Waals surface area contributed by atoms with Crippen molar-refractivity contribution in [3.8, 4) is 10.4 Å². The van der Waals surface area contributed by atoms with Crippen molar-refractivity contribution in [2.45, 2.75) is 12.4 Å². The van der Waals surface area contributed by atoms with E-state index >= 15 is 0 Å². The van der Waals surface area contributed by atoms with Gasteiger partial charge in [0.1, 0.15) is 0 Å². The summed E-state index contributed by atoms with van der Waals surface area (Å²) in [4.78, 5) is 1.20. The molecule has 0 aliphatic carbocycles. The topological polar surface area (TPSA) is 20.2 Å². The number of thiol groups is 1. The Morgan fingerprint density at radius 3 is 2.40 bits per heavy atom. The summed E-state index contributed by atoms with van der Waals surface area (Å²) in [5.41, 5.74) is 3.40. The molecule has 1 aromatic carbocycles. The third-order valence-corrected chi connectivity index (χ3v) is 3.65. The van der Waals surface area contributed by atoms with Crippen LogP contribution in [0.25, 0.3) is 10.4 Å². The maximum absolute atomic E-state index is 8.98. The molecule has 1 heterocycles. The van der Waals surface area contributed by atoms with Crippen LogP contribution >= 0.6 is 24.0 Å². The fraction of sp³-hybridized carbons (Fsp3) is 0.167. The normalized spacial score (nSPS) is 10.5. The summed E-state index contributed by atoms with van der Waals surface area (Å²) in [7, 11) is 0. The van der Waals surface area contributed by atoms with Gasteiger partial charge in [0.2, 0.25) is 0 Å². The van der Waals surface area contributed by atoms with E-state index in [9.17, 15) is 0 Å². The summed E-state index contributed by atoms with van der Waals surface area (Å²) in [5, 5.41) is 11.0. The SMILES string of the molecule is OCc1csc(-c2ccc(CS)cc2)c1. The Morgan fingerprint density at radius 2 is 1.87 bits per heavy atom. The predicted molar refractivity (Wildman–Crippen MR) is 68.4 cm³/mol. The van der Waals surface area contributed by atoms with Crippen molar-refractivity contribution in [1.29, 1.82) is 0 Å². The molecule has 0 radical (unpaired) electrons. The van der Waals surface area contributed by atoms with Crippen molar-refractivity contribution in [2.75, 3.05) is 0 Å². The number of hydrogen-bond acceptors (Lipinski definition) is 3. The molecular weight excluding hydrogens is 224 g/mol. The van der Waals surface area contributed by atoms with Crippen LogP contribution in [-0.2, 0) is 12.4 Å². The molecule has 0 spiro atoms. The van der Waals surface area contributed by atoms with E-state index < -0.39 is 0 Å². The molecule has 0 amide bonds. The Labute approximate surface area is 98.8 Å². The van der Waals surface area contributed by atoms with Gasteiger partial charge >= 0.3 is 0 Å². The third-order valence-electron chi connectivity index (χ3n) is 2.26. The minimum atomic E-state index is 0.116. The third kappa shape index (κ3) is 2.43. The van der Waals surface area contributed by atoms with Gasteiger partial charge < -0.3 is 5.11 Å². The second-order valence-corrected chi connectivity index (χ2v) is 4.56. The van der Waals surface area contributed by atoms with E-state index in [2.05, 4.69) is 36.9 Å². The van der Waals surface area contributed by atoms with Gasteiger partial charge in [-0.2, -0.15) is 12.6 Å². The molecular formula is C12H12OS2. The van der Waals surface area contributed by atoms with E-state index in [-0.39, 0.29) is 6.61 Å². The molecule has 0 saturated heterocycles. The van der Waals surface area contributed by atoms with Crippen molar-refractivity contribution >= 4 is 24.0 Å². The fourth-order valence-corrected chi connectivity index (χ4v) is 2.51. The first-order valence-corrected chi connectivity index (χ1v) is 6.23. The molecule has 0 bridgehead atoms. The van der Waals surface area contributed by atoms with Crippen LogP contribution in [0.5, 0.6) is 0 Å². The number of hydrogen-bond donors (Lipinski definition) is 2. The summed E-state index contributed by atoms with van der Waals surface area (Å²) >= 11 is 5.88. The molecule has 2 rings (SSSR count). The molecule has 1 N–H and O–H groups in total. The maximum Gasteiger partial charge on any atom is 0.0690 e. The minimum absolute atomic E-state index is 0.116. The van der Waals surface area contributed by atoms with Crippen LogP contribution in [0.2, 0.25) is 0 Å². The number of rotatable bonds is 3. The first-order valence-electron chi connectivity index (χ1n) is 4.72. The van der Waals surface area contributed by atoms with E-state index in [0.29, 0.717) is 0 Å². The monoisotopic (exact) mass is 236 g/mol. The highest BCUT2D eigenvalue weighted by atomic mass is 32.1. The van der Waals surface area contributed by atoms with Crippen molar-refractivity contribution in [3.63, 3.8) is 0 Å². The zero-order valence-electron chi connectivity index (χ0n) is 8.18. The number of aliphatic hydroxyl groups excluding tert-OH is 1. The Morgan fingerprint density at radius 1 is 1.13 bits per heavy atom. The van der Waals surface area contributed by atoms with Crippen LogP contribution in [0.1, 0.15) is 11.1 Å². The highest BCUT2D eigenvalue weighted by molar-refractivity contribution is 7.79. The number of aliphatic hydroxyl groups is 1. The van der Waals surface area contributed by atoms with Gasteiger partial charge in [-0.25, -0.2) is 0 Å². The minimum Gasteiger partial charge on any atom is -0.392 e. The van der Waals surface area contributed by atoms with Crippen LogP contribution in [0.4, 0.5) is 0 Å². The molecule has 1 nitrogen and oxygen atoms in total. The molecule has 3 heteroatoms. The molecule has 0 saturated carbocycles. The van der Waals surface area contributed by atoms with Gasteiger partial charge in [-0.05, 0) is 28.1 Å². The molecule has 0 atom stereocenters. The molecule has 78 valence electrons. The zero-order chi connectivity index (χ0) is 10.7. The highest BCUT2D eigenvalue weighted by Crippen LogP contribution is 2.27. The highest BCUT2D eigenvalue weighted by Gasteiger charge is 2.01. The Balaban J connectivity index is 2.28. The lowest BCUT2D eigenvalue weighted by atomic mass is 10.1. The number of thiophene rings is 1. The van der Waals surface area contributed by atoms with Gasteiger partial charge in [-0.15, -0.1) is 11.3 Å². The van der Waals surface area contributed by atoms with E-state index in [4.69, 9.17) is 5.11 Å². The molecule has 2 aromatic rings. The average Bonchev–Trinajstić information content (AvgIpc) is 2.78. The maximum atomic E-state index is 8.98. The van der Waals surface area contributed by atoms with Crippen molar-refractivity contribution in [2.24, 2.45) is 0 Å². The molecule has 0 fully saturated rings. The molecule has 0 aliphatic rings. The summed E-state index contributed by atoms with van der Waals surface area (Å²) in [6.45, 7) is 0.116. The zero-order valence-corrected chi connectivity index (χ0v) is 9.89. The van der Waals surface area contributed by atoms with E-state index in [0.717, 1.165) is 11.3 Å². The van der Waals surface area contributed by atoms with Crippen LogP contribution in [0.15, 0.2) is 35.7 Å². The van der Waals surface area contributed by atoms with Gasteiger partial charge in [0.25, 0.3) is 0 Å². The first-order chi connectivity index (χ1) is 7.33. The van der Waals surface area contributed by atoms with Gasteiger partial charge in [-0.1, -0.05) is 24.3 Å². The molecule has 0 aliphatic heterocycles. The number of benzene rings is 1. The average molecular weight is 236 g/mol.